The van der Waals surface area contributed by atoms with E-state index in [1.54, 1.807) is 0 Å². The van der Waals surface area contributed by atoms with E-state index in [4.69, 9.17) is 11.6 Å². The lowest BCUT2D eigenvalue weighted by Gasteiger charge is -2.18. The second-order valence-electron chi connectivity index (χ2n) is 7.55. The first-order valence-electron chi connectivity index (χ1n) is 10.4. The van der Waals surface area contributed by atoms with Gasteiger partial charge in [0.2, 0.25) is 0 Å². The summed E-state index contributed by atoms with van der Waals surface area (Å²) in [4.78, 5) is 0. The molecule has 0 aliphatic heterocycles. The number of rotatable bonds is 4. The van der Waals surface area contributed by atoms with E-state index in [0.717, 1.165) is 27.3 Å². The van der Waals surface area contributed by atoms with Crippen molar-refractivity contribution in [3.05, 3.63) is 132 Å². The van der Waals surface area contributed by atoms with E-state index >= 15 is 0 Å². The lowest BCUT2D eigenvalue weighted by molar-refractivity contribution is 1.55. The normalized spacial score (nSPS) is 10.7. The smallest absolute Gasteiger partial charge is 0.0418 e. The zero-order chi connectivity index (χ0) is 21.0. The minimum absolute atomic E-state index is 0.737. The van der Waals surface area contributed by atoms with Crippen LogP contribution >= 0.6 is 11.6 Å². The molecule has 0 spiro atoms. The zero-order valence-corrected chi connectivity index (χ0v) is 17.8. The van der Waals surface area contributed by atoms with Gasteiger partial charge in [0.05, 0.1) is 0 Å². The van der Waals surface area contributed by atoms with E-state index in [2.05, 4.69) is 109 Å². The lowest BCUT2D eigenvalue weighted by Crippen LogP contribution is -1.92. The Bertz CT molecular complexity index is 1250. The topological polar surface area (TPSA) is 0 Å². The number of halogens is 1. The quantitative estimate of drug-likeness (QED) is 0.274. The maximum Gasteiger partial charge on any atom is 0.0418 e. The van der Waals surface area contributed by atoms with Crippen molar-refractivity contribution in [1.29, 1.82) is 0 Å². The predicted molar refractivity (Wildman–Crippen MR) is 133 cm³/mol. The van der Waals surface area contributed by atoms with E-state index in [1.807, 2.05) is 18.2 Å². The first-order chi connectivity index (χ1) is 15.3. The summed E-state index contributed by atoms with van der Waals surface area (Å²) in [5.41, 5.74) is 9.36. The summed E-state index contributed by atoms with van der Waals surface area (Å²) >= 11 is 6.64. The second-order valence-corrected chi connectivity index (χ2v) is 7.99. The molecule has 0 bridgehead atoms. The van der Waals surface area contributed by atoms with Gasteiger partial charge in [-0.15, -0.1) is 0 Å². The van der Waals surface area contributed by atoms with Crippen molar-refractivity contribution >= 4 is 11.6 Å². The van der Waals surface area contributed by atoms with Gasteiger partial charge in [0, 0.05) is 5.02 Å². The number of benzene rings is 5. The van der Waals surface area contributed by atoms with Gasteiger partial charge in [0.25, 0.3) is 0 Å². The van der Waals surface area contributed by atoms with Crippen LogP contribution in [-0.2, 0) is 0 Å². The fourth-order valence-corrected chi connectivity index (χ4v) is 4.31. The van der Waals surface area contributed by atoms with Gasteiger partial charge < -0.3 is 0 Å². The second kappa shape index (κ2) is 8.63. The van der Waals surface area contributed by atoms with Crippen LogP contribution < -0.4 is 0 Å². The van der Waals surface area contributed by atoms with Gasteiger partial charge in [-0.1, -0.05) is 121 Å². The van der Waals surface area contributed by atoms with Crippen molar-refractivity contribution < 1.29 is 0 Å². The molecule has 5 rings (SSSR count). The predicted octanol–water partition coefficient (Wildman–Crippen LogP) is 9.01. The van der Waals surface area contributed by atoms with Gasteiger partial charge in [0.1, 0.15) is 0 Å². The Morgan fingerprint density at radius 1 is 0.355 bits per heavy atom. The van der Waals surface area contributed by atoms with Gasteiger partial charge in [-0.3, -0.25) is 0 Å². The fourth-order valence-electron chi connectivity index (χ4n) is 4.09. The van der Waals surface area contributed by atoms with E-state index < -0.39 is 0 Å². The molecule has 5 aromatic rings. The Morgan fingerprint density at radius 3 is 1.29 bits per heavy atom. The van der Waals surface area contributed by atoms with Gasteiger partial charge >= 0.3 is 0 Å². The standard InChI is InChI=1S/C30H21Cl/c31-27-20-28(23-13-6-2-7-14-23)30(29(21-27)24-15-8-3-9-16-24)26-18-10-17-25(19-26)22-11-4-1-5-12-22/h1-21H. The molecule has 0 aromatic heterocycles. The molecule has 31 heavy (non-hydrogen) atoms. The third-order valence-corrected chi connectivity index (χ3v) is 5.75. The van der Waals surface area contributed by atoms with Crippen LogP contribution in [0.15, 0.2) is 127 Å². The van der Waals surface area contributed by atoms with Crippen LogP contribution in [0.3, 0.4) is 0 Å². The average Bonchev–Trinajstić information content (AvgIpc) is 2.85. The Kier molecular flexibility index (Phi) is 5.39. The first-order valence-corrected chi connectivity index (χ1v) is 10.8. The third kappa shape index (κ3) is 4.03. The highest BCUT2D eigenvalue weighted by Gasteiger charge is 2.16. The fraction of sp³-hybridized carbons (Fsp3) is 0. The van der Waals surface area contributed by atoms with Crippen LogP contribution in [0.5, 0.6) is 0 Å². The molecule has 0 nitrogen and oxygen atoms in total. The van der Waals surface area contributed by atoms with Crippen molar-refractivity contribution in [2.24, 2.45) is 0 Å². The molecule has 0 atom stereocenters. The van der Waals surface area contributed by atoms with Gasteiger partial charge in [-0.05, 0) is 62.7 Å². The average molecular weight is 417 g/mol. The molecule has 0 heterocycles. The first kappa shape index (κ1) is 19.4. The van der Waals surface area contributed by atoms with Crippen molar-refractivity contribution in [2.45, 2.75) is 0 Å². The molecule has 0 aliphatic rings. The molecule has 1 heteroatoms. The molecule has 148 valence electrons. The molecule has 0 aliphatic carbocycles. The molecule has 0 fully saturated rings. The van der Waals surface area contributed by atoms with Crippen LogP contribution in [0, 0.1) is 0 Å². The number of hydrogen-bond acceptors (Lipinski definition) is 0. The van der Waals surface area contributed by atoms with Gasteiger partial charge in [-0.25, -0.2) is 0 Å². The SMILES string of the molecule is Clc1cc(-c2ccccc2)c(-c2cccc(-c3ccccc3)c2)c(-c2ccccc2)c1. The molecule has 0 unspecified atom stereocenters. The van der Waals surface area contributed by atoms with E-state index in [-0.39, 0.29) is 0 Å². The number of hydrogen-bond donors (Lipinski definition) is 0. The molecule has 5 aromatic carbocycles. The van der Waals surface area contributed by atoms with Crippen LogP contribution in [-0.4, -0.2) is 0 Å². The molecular weight excluding hydrogens is 396 g/mol. The van der Waals surface area contributed by atoms with Gasteiger partial charge in [-0.2, -0.15) is 0 Å². The summed E-state index contributed by atoms with van der Waals surface area (Å²) in [5, 5.41) is 0.737. The lowest BCUT2D eigenvalue weighted by atomic mass is 9.86. The van der Waals surface area contributed by atoms with Crippen LogP contribution in [0.1, 0.15) is 0 Å². The van der Waals surface area contributed by atoms with Crippen LogP contribution in [0.2, 0.25) is 5.02 Å². The van der Waals surface area contributed by atoms with Crippen molar-refractivity contribution in [1.82, 2.24) is 0 Å². The highest BCUT2D eigenvalue weighted by atomic mass is 35.5. The van der Waals surface area contributed by atoms with E-state index in [9.17, 15) is 0 Å². The Hall–Kier alpha value is -3.61. The summed E-state index contributed by atoms with van der Waals surface area (Å²) in [6.07, 6.45) is 0. The summed E-state index contributed by atoms with van der Waals surface area (Å²) in [7, 11) is 0. The van der Waals surface area contributed by atoms with E-state index in [1.165, 1.54) is 22.3 Å². The summed E-state index contributed by atoms with van der Waals surface area (Å²) < 4.78 is 0. The van der Waals surface area contributed by atoms with Crippen molar-refractivity contribution in [3.8, 4) is 44.5 Å². The highest BCUT2D eigenvalue weighted by Crippen LogP contribution is 2.43. The molecule has 0 saturated heterocycles. The van der Waals surface area contributed by atoms with E-state index in [0.29, 0.717) is 0 Å². The molecular formula is C30H21Cl. The monoisotopic (exact) mass is 416 g/mol. The van der Waals surface area contributed by atoms with Crippen molar-refractivity contribution in [2.75, 3.05) is 0 Å². The summed E-state index contributed by atoms with van der Waals surface area (Å²) in [6.45, 7) is 0. The summed E-state index contributed by atoms with van der Waals surface area (Å²) in [5.74, 6) is 0. The maximum atomic E-state index is 6.64. The third-order valence-electron chi connectivity index (χ3n) is 5.53. The zero-order valence-electron chi connectivity index (χ0n) is 17.0. The Morgan fingerprint density at radius 2 is 0.774 bits per heavy atom. The van der Waals surface area contributed by atoms with Gasteiger partial charge in [0.15, 0.2) is 0 Å². The molecule has 0 saturated carbocycles. The molecule has 0 radical (unpaired) electrons. The maximum absolute atomic E-state index is 6.64. The minimum Gasteiger partial charge on any atom is -0.0843 e. The Balaban J connectivity index is 1.80. The summed E-state index contributed by atoms with van der Waals surface area (Å²) in [6, 6.07) is 44.4. The minimum atomic E-state index is 0.737. The van der Waals surface area contributed by atoms with Crippen molar-refractivity contribution in [3.63, 3.8) is 0 Å². The van der Waals surface area contributed by atoms with Crippen LogP contribution in [0.25, 0.3) is 44.5 Å². The van der Waals surface area contributed by atoms with Crippen LogP contribution in [0.4, 0.5) is 0 Å². The Labute approximate surface area is 188 Å². The molecule has 0 N–H and O–H groups in total. The molecule has 0 amide bonds. The largest absolute Gasteiger partial charge is 0.0843 e. The highest BCUT2D eigenvalue weighted by molar-refractivity contribution is 6.31.